The predicted molar refractivity (Wildman–Crippen MR) is 86.5 cm³/mol. The quantitative estimate of drug-likeness (QED) is 0.819. The highest BCUT2D eigenvalue weighted by atomic mass is 32.2. The number of halogens is 1. The lowest BCUT2D eigenvalue weighted by molar-refractivity contribution is 0.515. The monoisotopic (exact) mass is 339 g/mol. The second-order valence-electron chi connectivity index (χ2n) is 5.55. The van der Waals surface area contributed by atoms with Gasteiger partial charge in [0.2, 0.25) is 9.84 Å². The highest BCUT2D eigenvalue weighted by molar-refractivity contribution is 7.91. The van der Waals surface area contributed by atoms with Crippen LogP contribution in [0.2, 0.25) is 0 Å². The van der Waals surface area contributed by atoms with Gasteiger partial charge in [-0.2, -0.15) is 5.10 Å². The van der Waals surface area contributed by atoms with Crippen LogP contribution < -0.4 is 5.73 Å². The zero-order valence-corrected chi connectivity index (χ0v) is 14.4. The van der Waals surface area contributed by atoms with Gasteiger partial charge in [-0.3, -0.25) is 4.68 Å². The molecule has 0 saturated heterocycles. The fourth-order valence-electron chi connectivity index (χ4n) is 2.58. The van der Waals surface area contributed by atoms with Crippen molar-refractivity contribution >= 4 is 9.84 Å². The van der Waals surface area contributed by atoms with E-state index < -0.39 is 15.7 Å². The topological polar surface area (TPSA) is 78.0 Å². The molecule has 0 fully saturated rings. The highest BCUT2D eigenvalue weighted by Crippen LogP contribution is 2.28. The molecule has 1 heterocycles. The van der Waals surface area contributed by atoms with Crippen LogP contribution in [0, 0.1) is 5.82 Å². The lowest BCUT2D eigenvalue weighted by Crippen LogP contribution is -2.24. The Morgan fingerprint density at radius 2 is 1.83 bits per heavy atom. The largest absolute Gasteiger partial charge is 0.326 e. The third kappa shape index (κ3) is 3.45. The van der Waals surface area contributed by atoms with Crippen molar-refractivity contribution in [1.82, 2.24) is 9.78 Å². The maximum absolute atomic E-state index is 13.1. The summed E-state index contributed by atoms with van der Waals surface area (Å²) in [6.07, 6.45) is 1.02. The first-order chi connectivity index (χ1) is 10.8. The molecule has 0 saturated carbocycles. The summed E-state index contributed by atoms with van der Waals surface area (Å²) in [7, 11) is -3.75. The van der Waals surface area contributed by atoms with Gasteiger partial charge >= 0.3 is 0 Å². The van der Waals surface area contributed by atoms with Crippen molar-refractivity contribution in [3.63, 3.8) is 0 Å². The predicted octanol–water partition coefficient (Wildman–Crippen LogP) is 2.33. The maximum atomic E-state index is 13.1. The van der Waals surface area contributed by atoms with E-state index in [9.17, 15) is 12.8 Å². The second kappa shape index (κ2) is 6.80. The summed E-state index contributed by atoms with van der Waals surface area (Å²) in [4.78, 5) is 0.304. The number of hydrogen-bond donors (Lipinski definition) is 1. The van der Waals surface area contributed by atoms with Crippen molar-refractivity contribution in [2.75, 3.05) is 0 Å². The Morgan fingerprint density at radius 3 is 2.30 bits per heavy atom. The molecule has 5 nitrogen and oxygen atoms in total. The molecule has 0 aliphatic rings. The molecule has 1 aromatic carbocycles. The van der Waals surface area contributed by atoms with E-state index in [-0.39, 0.29) is 15.8 Å². The third-order valence-electron chi connectivity index (χ3n) is 3.60. The van der Waals surface area contributed by atoms with Crippen LogP contribution in [0.1, 0.15) is 32.2 Å². The lowest BCUT2D eigenvalue weighted by atomic mass is 10.2. The summed E-state index contributed by atoms with van der Waals surface area (Å²) in [5, 5.41) is 4.43. The van der Waals surface area contributed by atoms with Crippen LogP contribution in [0.15, 0.2) is 34.1 Å². The van der Waals surface area contributed by atoms with Crippen molar-refractivity contribution in [3.8, 4) is 0 Å². The van der Waals surface area contributed by atoms with Gasteiger partial charge in [0.15, 0.2) is 0 Å². The first-order valence-corrected chi connectivity index (χ1v) is 9.14. The van der Waals surface area contributed by atoms with E-state index in [0.717, 1.165) is 12.1 Å². The Bertz CT molecular complexity index is 780. The summed E-state index contributed by atoms with van der Waals surface area (Å²) >= 11 is 0. The molecule has 0 radical (unpaired) electrons. The van der Waals surface area contributed by atoms with E-state index in [4.69, 9.17) is 5.73 Å². The molecular weight excluding hydrogens is 317 g/mol. The maximum Gasteiger partial charge on any atom is 0.210 e. The number of hydrogen-bond acceptors (Lipinski definition) is 4. The average Bonchev–Trinajstić information content (AvgIpc) is 2.85. The molecular formula is C16H22FN3O2S. The SMILES string of the molecule is CCc1nn(C[C@@H](C)N)c(CC)c1S(=O)(=O)c1ccc(F)cc1. The fourth-order valence-corrected chi connectivity index (χ4v) is 4.36. The third-order valence-corrected chi connectivity index (χ3v) is 5.50. The van der Waals surface area contributed by atoms with E-state index >= 15 is 0 Å². The molecule has 1 aromatic heterocycles. The van der Waals surface area contributed by atoms with Crippen LogP contribution >= 0.6 is 0 Å². The van der Waals surface area contributed by atoms with E-state index in [0.29, 0.717) is 30.8 Å². The Balaban J connectivity index is 2.65. The van der Waals surface area contributed by atoms with Crippen LogP contribution in [-0.4, -0.2) is 24.2 Å². The first kappa shape index (κ1) is 17.6. The van der Waals surface area contributed by atoms with Gasteiger partial charge in [-0.25, -0.2) is 12.8 Å². The van der Waals surface area contributed by atoms with E-state index in [1.54, 1.807) is 4.68 Å². The molecule has 0 aliphatic carbocycles. The molecule has 2 rings (SSSR count). The lowest BCUT2D eigenvalue weighted by Gasteiger charge is -2.10. The summed E-state index contributed by atoms with van der Waals surface area (Å²) in [5.41, 5.74) is 7.00. The van der Waals surface area contributed by atoms with Crippen molar-refractivity contribution in [1.29, 1.82) is 0 Å². The Kier molecular flexibility index (Phi) is 5.21. The van der Waals surface area contributed by atoms with Gasteiger partial charge in [0.1, 0.15) is 10.7 Å². The Hall–Kier alpha value is -1.73. The highest BCUT2D eigenvalue weighted by Gasteiger charge is 2.28. The molecule has 126 valence electrons. The molecule has 7 heteroatoms. The fraction of sp³-hybridized carbons (Fsp3) is 0.438. The van der Waals surface area contributed by atoms with Crippen LogP contribution in [0.5, 0.6) is 0 Å². The smallest absolute Gasteiger partial charge is 0.210 e. The van der Waals surface area contributed by atoms with E-state index in [1.165, 1.54) is 12.1 Å². The van der Waals surface area contributed by atoms with Crippen molar-refractivity contribution in [2.45, 2.75) is 56.0 Å². The molecule has 1 atom stereocenters. The number of benzene rings is 1. The van der Waals surface area contributed by atoms with Crippen molar-refractivity contribution < 1.29 is 12.8 Å². The number of aryl methyl sites for hydroxylation is 1. The van der Waals surface area contributed by atoms with Gasteiger partial charge in [0, 0.05) is 6.04 Å². The molecule has 0 spiro atoms. The van der Waals surface area contributed by atoms with Crippen LogP contribution in [0.3, 0.4) is 0 Å². The number of rotatable bonds is 6. The van der Waals surface area contributed by atoms with E-state index in [1.807, 2.05) is 20.8 Å². The zero-order chi connectivity index (χ0) is 17.2. The Labute approximate surface area is 136 Å². The Morgan fingerprint density at radius 1 is 1.22 bits per heavy atom. The number of aromatic nitrogens is 2. The minimum atomic E-state index is -3.75. The van der Waals surface area contributed by atoms with Crippen molar-refractivity contribution in [2.24, 2.45) is 5.73 Å². The molecule has 0 bridgehead atoms. The van der Waals surface area contributed by atoms with Crippen LogP contribution in [0.25, 0.3) is 0 Å². The summed E-state index contributed by atoms with van der Waals surface area (Å²) < 4.78 is 40.8. The van der Waals surface area contributed by atoms with Gasteiger partial charge in [0.05, 0.1) is 22.8 Å². The zero-order valence-electron chi connectivity index (χ0n) is 13.6. The van der Waals surface area contributed by atoms with Crippen LogP contribution in [-0.2, 0) is 29.2 Å². The molecule has 23 heavy (non-hydrogen) atoms. The standard InChI is InChI=1S/C16H22FN3O2S/c1-4-14-16(15(5-2)20(19-14)10-11(3)18)23(21,22)13-8-6-12(17)7-9-13/h6-9,11H,4-5,10,18H2,1-3H3/t11-/m1/s1. The number of sulfone groups is 1. The minimum Gasteiger partial charge on any atom is -0.326 e. The van der Waals surface area contributed by atoms with Gasteiger partial charge in [-0.15, -0.1) is 0 Å². The van der Waals surface area contributed by atoms with Crippen molar-refractivity contribution in [3.05, 3.63) is 41.5 Å². The van der Waals surface area contributed by atoms with Gasteiger partial charge in [-0.05, 0) is 44.0 Å². The number of nitrogens with zero attached hydrogens (tertiary/aromatic N) is 2. The second-order valence-corrected chi connectivity index (χ2v) is 7.43. The van der Waals surface area contributed by atoms with Crippen LogP contribution in [0.4, 0.5) is 4.39 Å². The normalized spacial score (nSPS) is 13.3. The number of nitrogens with two attached hydrogens (primary N) is 1. The molecule has 0 aliphatic heterocycles. The van der Waals surface area contributed by atoms with Gasteiger partial charge in [-0.1, -0.05) is 13.8 Å². The summed E-state index contributed by atoms with van der Waals surface area (Å²) in [6, 6.07) is 4.73. The van der Waals surface area contributed by atoms with Gasteiger partial charge in [0.25, 0.3) is 0 Å². The molecule has 0 unspecified atom stereocenters. The molecule has 2 aromatic rings. The average molecular weight is 339 g/mol. The van der Waals surface area contributed by atoms with Gasteiger partial charge < -0.3 is 5.73 Å². The van der Waals surface area contributed by atoms with E-state index in [2.05, 4.69) is 5.10 Å². The summed E-state index contributed by atoms with van der Waals surface area (Å²) in [5.74, 6) is -0.469. The first-order valence-electron chi connectivity index (χ1n) is 7.66. The summed E-state index contributed by atoms with van der Waals surface area (Å²) in [6.45, 7) is 6.05. The molecule has 2 N–H and O–H groups in total. The molecule has 0 amide bonds. The minimum absolute atomic E-state index is 0.0728.